The Hall–Kier alpha value is -2.89. The van der Waals surface area contributed by atoms with Gasteiger partial charge in [-0.2, -0.15) is 0 Å². The lowest BCUT2D eigenvalue weighted by Gasteiger charge is -2.18. The summed E-state index contributed by atoms with van der Waals surface area (Å²) in [5.41, 5.74) is 0. The average Bonchev–Trinajstić information content (AvgIpc) is 3.42. The van der Waals surface area contributed by atoms with Gasteiger partial charge in [-0.3, -0.25) is 14.4 Å². The molecule has 0 aliphatic rings. The van der Waals surface area contributed by atoms with E-state index in [-0.39, 0.29) is 31.1 Å². The fraction of sp³-hybridized carbons (Fsp3) is 0.814. The summed E-state index contributed by atoms with van der Waals surface area (Å²) in [6.45, 7) is 6.57. The Morgan fingerprint density at radius 3 is 0.816 bits per heavy atom. The van der Waals surface area contributed by atoms with E-state index < -0.39 is 6.10 Å². The van der Waals surface area contributed by atoms with E-state index in [2.05, 4.69) is 81.5 Å². The number of esters is 3. The Bertz CT molecular complexity index is 1360. The zero-order valence-electron chi connectivity index (χ0n) is 50.8. The first kappa shape index (κ1) is 73.1. The Balaban J connectivity index is 4.18. The topological polar surface area (TPSA) is 78.9 Å². The standard InChI is InChI=1S/C70H126O6/c1-4-7-10-13-16-19-22-25-27-29-30-31-32-33-34-35-36-37-38-39-40-42-43-45-48-51-54-57-60-63-69(72)75-66-67(65-74-68(71)62-59-56-53-50-47-24-21-18-15-12-9-6-3)76-70(73)64-61-58-55-52-49-46-44-41-28-26-23-20-17-14-11-8-5-2/h7,10,16,19,25-28,30-31,67H,4-6,8-9,11-15,17-18,20-24,29,32-66H2,1-3H3/b10-7-,19-16-,27-25-,28-26-,31-30-. The van der Waals surface area contributed by atoms with Crippen molar-refractivity contribution in [3.8, 4) is 0 Å². The van der Waals surface area contributed by atoms with Gasteiger partial charge in [-0.15, -0.1) is 0 Å². The SMILES string of the molecule is CC/C=C\C/C=C\C/C=C\C/C=C\CCCCCCCCCCCCCCCCCCC(=O)OCC(COC(=O)CCCCCCCCCCCCCC)OC(=O)CCCCCCCCC/C=C\CCCCCCCC. The molecule has 0 aliphatic carbocycles. The zero-order valence-corrected chi connectivity index (χ0v) is 50.8. The molecule has 1 atom stereocenters. The minimum absolute atomic E-state index is 0.0705. The Morgan fingerprint density at radius 2 is 0.513 bits per heavy atom. The van der Waals surface area contributed by atoms with Crippen molar-refractivity contribution in [3.63, 3.8) is 0 Å². The number of rotatable bonds is 61. The molecule has 0 N–H and O–H groups in total. The molecular weight excluding hydrogens is 937 g/mol. The third kappa shape index (κ3) is 62.0. The minimum Gasteiger partial charge on any atom is -0.462 e. The molecule has 0 fully saturated rings. The van der Waals surface area contributed by atoms with Gasteiger partial charge in [-0.05, 0) is 83.5 Å². The van der Waals surface area contributed by atoms with Gasteiger partial charge in [-0.25, -0.2) is 0 Å². The quantitative estimate of drug-likeness (QED) is 0.0261. The van der Waals surface area contributed by atoms with E-state index in [1.165, 1.54) is 225 Å². The molecule has 0 aromatic carbocycles. The summed E-state index contributed by atoms with van der Waals surface area (Å²) in [5.74, 6) is -0.854. The van der Waals surface area contributed by atoms with Crippen molar-refractivity contribution in [1.29, 1.82) is 0 Å². The van der Waals surface area contributed by atoms with Crippen LogP contribution in [0.15, 0.2) is 60.8 Å². The van der Waals surface area contributed by atoms with Gasteiger partial charge in [0.2, 0.25) is 0 Å². The first-order valence-corrected chi connectivity index (χ1v) is 33.3. The third-order valence-electron chi connectivity index (χ3n) is 14.8. The van der Waals surface area contributed by atoms with E-state index in [0.717, 1.165) is 83.5 Å². The van der Waals surface area contributed by atoms with Gasteiger partial charge < -0.3 is 14.2 Å². The fourth-order valence-electron chi connectivity index (χ4n) is 9.79. The van der Waals surface area contributed by atoms with Crippen LogP contribution in [-0.2, 0) is 28.6 Å². The van der Waals surface area contributed by atoms with Gasteiger partial charge >= 0.3 is 17.9 Å². The summed E-state index contributed by atoms with van der Waals surface area (Å²) in [7, 11) is 0. The fourth-order valence-corrected chi connectivity index (χ4v) is 9.79. The molecule has 6 heteroatoms. The molecule has 0 rings (SSSR count). The number of carbonyl (C=O) groups excluding carboxylic acids is 3. The van der Waals surface area contributed by atoms with Gasteiger partial charge in [-0.1, -0.05) is 306 Å². The van der Waals surface area contributed by atoms with Crippen molar-refractivity contribution < 1.29 is 28.6 Å². The molecule has 0 saturated carbocycles. The lowest BCUT2D eigenvalue weighted by atomic mass is 10.0. The minimum atomic E-state index is -0.773. The molecule has 0 saturated heterocycles. The van der Waals surface area contributed by atoms with E-state index in [4.69, 9.17) is 14.2 Å². The van der Waals surface area contributed by atoms with Crippen molar-refractivity contribution in [2.45, 2.75) is 354 Å². The maximum Gasteiger partial charge on any atom is 0.306 e. The highest BCUT2D eigenvalue weighted by molar-refractivity contribution is 5.71. The van der Waals surface area contributed by atoms with Crippen LogP contribution in [0.5, 0.6) is 0 Å². The van der Waals surface area contributed by atoms with Crippen molar-refractivity contribution >= 4 is 17.9 Å². The molecule has 0 heterocycles. The highest BCUT2D eigenvalue weighted by atomic mass is 16.6. The number of hydrogen-bond acceptors (Lipinski definition) is 6. The largest absolute Gasteiger partial charge is 0.462 e. The number of unbranched alkanes of at least 4 members (excludes halogenated alkanes) is 40. The average molecular weight is 1060 g/mol. The van der Waals surface area contributed by atoms with Gasteiger partial charge in [0, 0.05) is 19.3 Å². The van der Waals surface area contributed by atoms with Crippen molar-refractivity contribution in [2.75, 3.05) is 13.2 Å². The van der Waals surface area contributed by atoms with E-state index in [0.29, 0.717) is 19.3 Å². The van der Waals surface area contributed by atoms with Crippen LogP contribution in [0.1, 0.15) is 348 Å². The molecule has 0 aromatic rings. The molecule has 1 unspecified atom stereocenters. The Labute approximate surface area is 472 Å². The molecule has 6 nitrogen and oxygen atoms in total. The molecule has 0 radical (unpaired) electrons. The summed E-state index contributed by atoms with van der Waals surface area (Å²) in [6, 6.07) is 0. The maximum absolute atomic E-state index is 12.9. The summed E-state index contributed by atoms with van der Waals surface area (Å²) in [6.07, 6.45) is 82.4. The predicted octanol–water partition coefficient (Wildman–Crippen LogP) is 22.7. The molecule has 442 valence electrons. The molecule has 0 aromatic heterocycles. The van der Waals surface area contributed by atoms with Crippen LogP contribution in [0, 0.1) is 0 Å². The van der Waals surface area contributed by atoms with Crippen molar-refractivity contribution in [2.24, 2.45) is 0 Å². The number of hydrogen-bond donors (Lipinski definition) is 0. The highest BCUT2D eigenvalue weighted by Crippen LogP contribution is 2.17. The summed E-state index contributed by atoms with van der Waals surface area (Å²) >= 11 is 0. The molecule has 0 aliphatic heterocycles. The van der Waals surface area contributed by atoms with Crippen LogP contribution in [0.25, 0.3) is 0 Å². The summed E-state index contributed by atoms with van der Waals surface area (Å²) < 4.78 is 16.9. The Kier molecular flexibility index (Phi) is 62.2. The van der Waals surface area contributed by atoms with E-state index >= 15 is 0 Å². The summed E-state index contributed by atoms with van der Waals surface area (Å²) in [4.78, 5) is 38.3. The second kappa shape index (κ2) is 64.6. The molecule has 0 spiro atoms. The van der Waals surface area contributed by atoms with Gasteiger partial charge in [0.1, 0.15) is 13.2 Å². The van der Waals surface area contributed by atoms with E-state index in [9.17, 15) is 14.4 Å². The first-order chi connectivity index (χ1) is 37.5. The van der Waals surface area contributed by atoms with Crippen LogP contribution in [-0.4, -0.2) is 37.2 Å². The monoisotopic (exact) mass is 1060 g/mol. The Morgan fingerprint density at radius 1 is 0.276 bits per heavy atom. The van der Waals surface area contributed by atoms with Crippen LogP contribution >= 0.6 is 0 Å². The normalized spacial score (nSPS) is 12.4. The number of ether oxygens (including phenoxy) is 3. The second-order valence-electron chi connectivity index (χ2n) is 22.4. The lowest BCUT2D eigenvalue weighted by molar-refractivity contribution is -0.167. The molecular formula is C70H126O6. The number of carbonyl (C=O) groups is 3. The maximum atomic E-state index is 12.9. The first-order valence-electron chi connectivity index (χ1n) is 33.3. The highest BCUT2D eigenvalue weighted by Gasteiger charge is 2.19. The van der Waals surface area contributed by atoms with Gasteiger partial charge in [0.15, 0.2) is 6.10 Å². The predicted molar refractivity (Wildman–Crippen MR) is 330 cm³/mol. The second-order valence-corrected chi connectivity index (χ2v) is 22.4. The van der Waals surface area contributed by atoms with Crippen molar-refractivity contribution in [3.05, 3.63) is 60.8 Å². The van der Waals surface area contributed by atoms with Crippen LogP contribution in [0.2, 0.25) is 0 Å². The summed E-state index contributed by atoms with van der Waals surface area (Å²) in [5, 5.41) is 0. The van der Waals surface area contributed by atoms with E-state index in [1.807, 2.05) is 0 Å². The van der Waals surface area contributed by atoms with Crippen LogP contribution < -0.4 is 0 Å². The van der Waals surface area contributed by atoms with E-state index in [1.54, 1.807) is 0 Å². The molecule has 0 amide bonds. The smallest absolute Gasteiger partial charge is 0.306 e. The van der Waals surface area contributed by atoms with Crippen LogP contribution in [0.4, 0.5) is 0 Å². The molecule has 0 bridgehead atoms. The molecule has 76 heavy (non-hydrogen) atoms. The number of allylic oxidation sites excluding steroid dienone is 10. The van der Waals surface area contributed by atoms with Gasteiger partial charge in [0.05, 0.1) is 0 Å². The third-order valence-corrected chi connectivity index (χ3v) is 14.8. The lowest BCUT2D eigenvalue weighted by Crippen LogP contribution is -2.30. The zero-order chi connectivity index (χ0) is 55.0. The van der Waals surface area contributed by atoms with Crippen LogP contribution in [0.3, 0.4) is 0 Å². The van der Waals surface area contributed by atoms with Gasteiger partial charge in [0.25, 0.3) is 0 Å². The van der Waals surface area contributed by atoms with Crippen molar-refractivity contribution in [1.82, 2.24) is 0 Å².